The third-order valence-corrected chi connectivity index (χ3v) is 10.6. The van der Waals surface area contributed by atoms with Crippen LogP contribution in [0.15, 0.2) is 18.6 Å². The minimum atomic E-state index is -4.09. The summed E-state index contributed by atoms with van der Waals surface area (Å²) in [5, 5.41) is -0.00436. The molecular formula is C18H24N6O5S2. The summed E-state index contributed by atoms with van der Waals surface area (Å²) in [7, 11) is -7.44. The maximum absolute atomic E-state index is 13.1. The molecule has 168 valence electrons. The SMILES string of the molecule is CC1C(C(=O)NS(=O)(=O)N2CCN(c3ncnc4[nH]ccc34)CC23CC3)CCS1(=O)=O. The summed E-state index contributed by atoms with van der Waals surface area (Å²) in [5.41, 5.74) is 0.128. The number of sulfone groups is 1. The predicted molar refractivity (Wildman–Crippen MR) is 113 cm³/mol. The first-order valence-corrected chi connectivity index (χ1v) is 13.4. The van der Waals surface area contributed by atoms with E-state index in [1.807, 2.05) is 6.07 Å². The first kappa shape index (κ1) is 20.6. The molecular weight excluding hydrogens is 444 g/mol. The van der Waals surface area contributed by atoms with Crippen molar-refractivity contribution in [3.63, 3.8) is 0 Å². The van der Waals surface area contributed by atoms with Crippen LogP contribution in [0.25, 0.3) is 11.0 Å². The van der Waals surface area contributed by atoms with Crippen LogP contribution in [0, 0.1) is 5.92 Å². The maximum Gasteiger partial charge on any atom is 0.304 e. The Morgan fingerprint density at radius 3 is 2.74 bits per heavy atom. The number of rotatable bonds is 4. The number of aromatic amines is 1. The molecule has 2 atom stereocenters. The quantitative estimate of drug-likeness (QED) is 0.627. The van der Waals surface area contributed by atoms with E-state index in [9.17, 15) is 21.6 Å². The second kappa shape index (κ2) is 6.87. The van der Waals surface area contributed by atoms with Gasteiger partial charge in [0, 0.05) is 25.8 Å². The minimum absolute atomic E-state index is 0.0958. The lowest BCUT2D eigenvalue weighted by Crippen LogP contribution is -2.60. The number of aromatic nitrogens is 3. The number of hydrogen-bond acceptors (Lipinski definition) is 8. The number of H-pyrrole nitrogens is 1. The van der Waals surface area contributed by atoms with Gasteiger partial charge in [-0.2, -0.15) is 12.7 Å². The fraction of sp³-hybridized carbons (Fsp3) is 0.611. The molecule has 2 aliphatic heterocycles. The molecule has 2 N–H and O–H groups in total. The fourth-order valence-corrected chi connectivity index (χ4v) is 8.05. The van der Waals surface area contributed by atoms with Crippen LogP contribution in [0.3, 0.4) is 0 Å². The molecule has 1 spiro atoms. The predicted octanol–water partition coefficient (Wildman–Crippen LogP) is -0.203. The van der Waals surface area contributed by atoms with Crippen LogP contribution in [0.2, 0.25) is 0 Å². The fourth-order valence-electron chi connectivity index (χ4n) is 4.74. The topological polar surface area (TPSA) is 145 Å². The normalized spacial score (nSPS) is 27.6. The largest absolute Gasteiger partial charge is 0.353 e. The van der Waals surface area contributed by atoms with Crippen molar-refractivity contribution in [1.82, 2.24) is 24.0 Å². The maximum atomic E-state index is 13.1. The van der Waals surface area contributed by atoms with Gasteiger partial charge in [-0.3, -0.25) is 4.79 Å². The summed E-state index contributed by atoms with van der Waals surface area (Å²) in [6.45, 7) is 2.55. The third kappa shape index (κ3) is 3.38. The number of nitrogens with zero attached hydrogens (tertiary/aromatic N) is 4. The molecule has 11 nitrogen and oxygen atoms in total. The Hall–Kier alpha value is -2.25. The van der Waals surface area contributed by atoms with Gasteiger partial charge in [0.25, 0.3) is 0 Å². The monoisotopic (exact) mass is 468 g/mol. The van der Waals surface area contributed by atoms with Crippen LogP contribution in [-0.4, -0.2) is 78.2 Å². The summed E-state index contributed by atoms with van der Waals surface area (Å²) < 4.78 is 53.6. The molecule has 13 heteroatoms. The highest BCUT2D eigenvalue weighted by molar-refractivity contribution is 7.92. The summed E-state index contributed by atoms with van der Waals surface area (Å²) in [6.07, 6.45) is 4.79. The van der Waals surface area contributed by atoms with Gasteiger partial charge in [0.2, 0.25) is 5.91 Å². The molecule has 2 saturated heterocycles. The van der Waals surface area contributed by atoms with Crippen molar-refractivity contribution >= 4 is 42.8 Å². The molecule has 2 aromatic heterocycles. The molecule has 0 bridgehead atoms. The second-order valence-corrected chi connectivity index (χ2v) is 12.7. The molecule has 3 aliphatic rings. The highest BCUT2D eigenvalue weighted by Gasteiger charge is 2.56. The summed E-state index contributed by atoms with van der Waals surface area (Å²) >= 11 is 0. The van der Waals surface area contributed by atoms with Crippen LogP contribution in [0.4, 0.5) is 5.82 Å². The second-order valence-electron chi connectivity index (χ2n) is 8.59. The average Bonchev–Trinajstić information content (AvgIpc) is 3.17. The van der Waals surface area contributed by atoms with E-state index in [2.05, 4.69) is 24.6 Å². The molecule has 5 rings (SSSR count). The number of fused-ring (bicyclic) bond motifs is 1. The van der Waals surface area contributed by atoms with Gasteiger partial charge in [-0.05, 0) is 32.3 Å². The number of piperazine rings is 1. The average molecular weight is 469 g/mol. The Bertz CT molecular complexity index is 1250. The molecule has 3 fully saturated rings. The van der Waals surface area contributed by atoms with Gasteiger partial charge < -0.3 is 9.88 Å². The first-order chi connectivity index (χ1) is 14.6. The number of amides is 1. The first-order valence-electron chi connectivity index (χ1n) is 10.2. The van der Waals surface area contributed by atoms with E-state index in [4.69, 9.17) is 0 Å². The van der Waals surface area contributed by atoms with Crippen molar-refractivity contribution in [1.29, 1.82) is 0 Å². The van der Waals surface area contributed by atoms with Gasteiger partial charge in [-0.1, -0.05) is 0 Å². The van der Waals surface area contributed by atoms with Gasteiger partial charge >= 0.3 is 10.2 Å². The van der Waals surface area contributed by atoms with Crippen LogP contribution in [0.5, 0.6) is 0 Å². The Morgan fingerprint density at radius 1 is 1.29 bits per heavy atom. The van der Waals surface area contributed by atoms with Crippen molar-refractivity contribution in [2.24, 2.45) is 5.92 Å². The lowest BCUT2D eigenvalue weighted by Gasteiger charge is -2.41. The Kier molecular flexibility index (Phi) is 4.58. The number of anilines is 1. The van der Waals surface area contributed by atoms with E-state index < -0.39 is 42.7 Å². The Morgan fingerprint density at radius 2 is 2.06 bits per heavy atom. The van der Waals surface area contributed by atoms with Gasteiger partial charge in [0.1, 0.15) is 17.8 Å². The van der Waals surface area contributed by atoms with Gasteiger partial charge in [0.15, 0.2) is 9.84 Å². The van der Waals surface area contributed by atoms with Gasteiger partial charge in [0.05, 0.1) is 27.8 Å². The van der Waals surface area contributed by atoms with Crippen LogP contribution < -0.4 is 9.62 Å². The lowest BCUT2D eigenvalue weighted by molar-refractivity contribution is -0.123. The molecule has 0 aromatic carbocycles. The van der Waals surface area contributed by atoms with E-state index in [0.717, 1.165) is 16.9 Å². The van der Waals surface area contributed by atoms with Crippen LogP contribution >= 0.6 is 0 Å². The molecule has 31 heavy (non-hydrogen) atoms. The van der Waals surface area contributed by atoms with E-state index in [1.54, 1.807) is 6.20 Å². The molecule has 1 amide bonds. The molecule has 1 aliphatic carbocycles. The van der Waals surface area contributed by atoms with Crippen LogP contribution in [-0.2, 0) is 24.8 Å². The third-order valence-electron chi connectivity index (χ3n) is 6.75. The summed E-state index contributed by atoms with van der Waals surface area (Å²) in [5.74, 6) is -0.930. The number of carbonyl (C=O) groups excluding carboxylic acids is 1. The smallest absolute Gasteiger partial charge is 0.304 e. The van der Waals surface area contributed by atoms with E-state index in [-0.39, 0.29) is 18.7 Å². The number of carbonyl (C=O) groups is 1. The van der Waals surface area contributed by atoms with Crippen LogP contribution in [0.1, 0.15) is 26.2 Å². The molecule has 1 saturated carbocycles. The van der Waals surface area contributed by atoms with Gasteiger partial charge in [-0.25, -0.2) is 23.1 Å². The van der Waals surface area contributed by atoms with Crippen molar-refractivity contribution < 1.29 is 21.6 Å². The Labute approximate surface area is 180 Å². The van der Waals surface area contributed by atoms with E-state index in [1.165, 1.54) is 17.6 Å². The number of nitrogens with one attached hydrogen (secondary N) is 2. The van der Waals surface area contributed by atoms with Crippen molar-refractivity contribution in [2.45, 2.75) is 37.0 Å². The highest BCUT2D eigenvalue weighted by atomic mass is 32.2. The summed E-state index contributed by atoms with van der Waals surface area (Å²) in [6, 6.07) is 1.89. The minimum Gasteiger partial charge on any atom is -0.353 e. The van der Waals surface area contributed by atoms with Crippen molar-refractivity contribution in [3.8, 4) is 0 Å². The standard InChI is InChI=1S/C18H24N6O5S2/c1-12-13(3-9-30(12,26)27)17(25)22-31(28,29)24-8-7-23(10-18(24)4-5-18)16-14-2-6-19-15(14)20-11-21-16/h2,6,11-13H,3-5,7-10H2,1H3,(H,22,25)(H,19,20,21). The zero-order valence-corrected chi connectivity index (χ0v) is 18.6. The highest BCUT2D eigenvalue weighted by Crippen LogP contribution is 2.46. The van der Waals surface area contributed by atoms with E-state index >= 15 is 0 Å². The molecule has 4 heterocycles. The Balaban J connectivity index is 1.34. The van der Waals surface area contributed by atoms with E-state index in [0.29, 0.717) is 25.9 Å². The zero-order valence-electron chi connectivity index (χ0n) is 17.0. The summed E-state index contributed by atoms with van der Waals surface area (Å²) in [4.78, 5) is 26.3. The molecule has 2 unspecified atom stereocenters. The van der Waals surface area contributed by atoms with Gasteiger partial charge in [-0.15, -0.1) is 0 Å². The van der Waals surface area contributed by atoms with Crippen molar-refractivity contribution in [3.05, 3.63) is 18.6 Å². The van der Waals surface area contributed by atoms with Crippen molar-refractivity contribution in [2.75, 3.05) is 30.3 Å². The molecule has 2 aromatic rings. The molecule has 0 radical (unpaired) electrons. The number of hydrogen-bond donors (Lipinski definition) is 2. The lowest BCUT2D eigenvalue weighted by atomic mass is 10.0. The zero-order chi connectivity index (χ0) is 22.0.